The molecule has 5 fully saturated rings. The van der Waals surface area contributed by atoms with E-state index in [-0.39, 0.29) is 33.5 Å². The molecule has 0 unspecified atom stereocenters. The van der Waals surface area contributed by atoms with Crippen LogP contribution in [0.15, 0.2) is 36.4 Å². The number of nitriles is 1. The van der Waals surface area contributed by atoms with Gasteiger partial charge in [0.15, 0.2) is 0 Å². The zero-order chi connectivity index (χ0) is 31.9. The highest BCUT2D eigenvalue weighted by Crippen LogP contribution is 2.77. The fourth-order valence-electron chi connectivity index (χ4n) is 13.0. The number of allylic oxidation sites excluding steroid dienone is 1. The van der Waals surface area contributed by atoms with Gasteiger partial charge in [-0.3, -0.25) is 4.79 Å². The third-order valence-corrected chi connectivity index (χ3v) is 15.2. The molecule has 5 saturated carbocycles. The van der Waals surface area contributed by atoms with Gasteiger partial charge in [0.25, 0.3) is 0 Å². The molecular formula is C40H53NO3. The van der Waals surface area contributed by atoms with E-state index >= 15 is 0 Å². The highest BCUT2D eigenvalue weighted by atomic mass is 16.4. The Balaban J connectivity index is 1.32. The van der Waals surface area contributed by atoms with Gasteiger partial charge in [0.1, 0.15) is 0 Å². The second-order valence-electron chi connectivity index (χ2n) is 17.1. The summed E-state index contributed by atoms with van der Waals surface area (Å²) in [6.07, 6.45) is 9.36. The molecule has 0 bridgehead atoms. The first-order chi connectivity index (χ1) is 20.7. The molecule has 0 heterocycles. The number of carboxylic acid groups (broad SMARTS) is 1. The van der Waals surface area contributed by atoms with Gasteiger partial charge >= 0.3 is 5.97 Å². The van der Waals surface area contributed by atoms with Crippen molar-refractivity contribution in [3.05, 3.63) is 47.5 Å². The van der Waals surface area contributed by atoms with E-state index in [9.17, 15) is 15.0 Å². The van der Waals surface area contributed by atoms with E-state index in [0.717, 1.165) is 63.4 Å². The average Bonchev–Trinajstić information content (AvgIpc) is 3.38. The summed E-state index contributed by atoms with van der Waals surface area (Å²) in [6.45, 7) is 18.8. The number of aliphatic carboxylic acids is 1. The summed E-state index contributed by atoms with van der Waals surface area (Å²) in [5.41, 5.74) is 2.25. The molecule has 5 aliphatic carbocycles. The van der Waals surface area contributed by atoms with Crippen LogP contribution in [0.25, 0.3) is 0 Å². The van der Waals surface area contributed by atoms with Crippen LogP contribution in [-0.4, -0.2) is 22.3 Å². The summed E-state index contributed by atoms with van der Waals surface area (Å²) in [5, 5.41) is 31.6. The third-order valence-electron chi connectivity index (χ3n) is 15.2. The van der Waals surface area contributed by atoms with E-state index in [2.05, 4.69) is 66.0 Å². The largest absolute Gasteiger partial charge is 0.481 e. The monoisotopic (exact) mass is 595 g/mol. The van der Waals surface area contributed by atoms with Gasteiger partial charge < -0.3 is 10.2 Å². The number of carboxylic acids is 1. The SMILES string of the molecule is C=C(C)[C@@H]1CC[C@]2(C(=O)O)CC[C@]3(C)[C@H](CC[C@@H]4[C@@]5(C)C[C@@H](CC#Cc6ccc(C#N)cc6)[C@H](O)C(C)(C)[C@@H]5CC[C@]43C)[C@@H]12. The van der Waals surface area contributed by atoms with E-state index in [4.69, 9.17) is 5.26 Å². The molecule has 4 nitrogen and oxygen atoms in total. The summed E-state index contributed by atoms with van der Waals surface area (Å²) in [7, 11) is 0. The van der Waals surface area contributed by atoms with Crippen LogP contribution >= 0.6 is 0 Å². The molecule has 44 heavy (non-hydrogen) atoms. The molecule has 2 N–H and O–H groups in total. The Morgan fingerprint density at radius 2 is 1.61 bits per heavy atom. The number of benzene rings is 1. The smallest absolute Gasteiger partial charge is 0.309 e. The minimum Gasteiger partial charge on any atom is -0.481 e. The Labute approximate surface area is 265 Å². The Bertz CT molecular complexity index is 1440. The topological polar surface area (TPSA) is 81.3 Å². The summed E-state index contributed by atoms with van der Waals surface area (Å²) in [5.74, 6) is 8.17. The van der Waals surface area contributed by atoms with Crippen LogP contribution in [-0.2, 0) is 4.79 Å². The van der Waals surface area contributed by atoms with Gasteiger partial charge in [-0.15, -0.1) is 0 Å². The molecule has 0 radical (unpaired) electrons. The molecule has 1 aromatic carbocycles. The molecule has 6 rings (SSSR count). The quantitative estimate of drug-likeness (QED) is 0.271. The number of aliphatic hydroxyl groups excluding tert-OH is 1. The number of fused-ring (bicyclic) bond motifs is 7. The van der Waals surface area contributed by atoms with E-state index in [1.165, 1.54) is 5.57 Å². The summed E-state index contributed by atoms with van der Waals surface area (Å²) in [4.78, 5) is 13.0. The predicted octanol–water partition coefficient (Wildman–Crippen LogP) is 8.63. The molecule has 4 heteroatoms. The maximum Gasteiger partial charge on any atom is 0.309 e. The first-order valence-electron chi connectivity index (χ1n) is 17.2. The summed E-state index contributed by atoms with van der Waals surface area (Å²) < 4.78 is 0. The number of carbonyl (C=O) groups is 1. The van der Waals surface area contributed by atoms with Gasteiger partial charge in [0.2, 0.25) is 0 Å². The zero-order valence-corrected chi connectivity index (χ0v) is 27.9. The maximum atomic E-state index is 13.0. The molecule has 11 atom stereocenters. The molecule has 0 aromatic heterocycles. The summed E-state index contributed by atoms with van der Waals surface area (Å²) >= 11 is 0. The maximum absolute atomic E-state index is 13.0. The second kappa shape index (κ2) is 10.5. The molecule has 5 aliphatic rings. The molecule has 0 spiro atoms. The van der Waals surface area contributed by atoms with Crippen LogP contribution < -0.4 is 0 Å². The van der Waals surface area contributed by atoms with Gasteiger partial charge in [-0.1, -0.05) is 58.6 Å². The highest BCUT2D eigenvalue weighted by Gasteiger charge is 2.72. The fourth-order valence-corrected chi connectivity index (χ4v) is 13.0. The van der Waals surface area contributed by atoms with Crippen molar-refractivity contribution in [3.8, 4) is 17.9 Å². The first kappa shape index (κ1) is 31.4. The van der Waals surface area contributed by atoms with Crippen LogP contribution in [0.5, 0.6) is 0 Å². The van der Waals surface area contributed by atoms with Crippen molar-refractivity contribution in [1.29, 1.82) is 5.26 Å². The zero-order valence-electron chi connectivity index (χ0n) is 27.9. The highest BCUT2D eigenvalue weighted by molar-refractivity contribution is 5.76. The molecule has 0 aliphatic heterocycles. The van der Waals surface area contributed by atoms with Crippen molar-refractivity contribution in [1.82, 2.24) is 0 Å². The van der Waals surface area contributed by atoms with Crippen molar-refractivity contribution >= 4 is 5.97 Å². The predicted molar refractivity (Wildman–Crippen MR) is 174 cm³/mol. The van der Waals surface area contributed by atoms with E-state index in [1.54, 1.807) is 0 Å². The third kappa shape index (κ3) is 4.23. The van der Waals surface area contributed by atoms with E-state index in [1.807, 2.05) is 24.3 Å². The van der Waals surface area contributed by atoms with E-state index < -0.39 is 17.5 Å². The fraction of sp³-hybridized carbons (Fsp3) is 0.700. The number of aliphatic hydroxyl groups is 1. The van der Waals surface area contributed by atoms with Crippen molar-refractivity contribution in [2.75, 3.05) is 0 Å². The number of nitrogens with zero attached hydrogens (tertiary/aromatic N) is 1. The molecule has 236 valence electrons. The van der Waals surface area contributed by atoms with Gasteiger partial charge in [-0.25, -0.2) is 0 Å². The van der Waals surface area contributed by atoms with Crippen LogP contribution in [0.3, 0.4) is 0 Å². The van der Waals surface area contributed by atoms with Crippen LogP contribution in [0.4, 0.5) is 0 Å². The van der Waals surface area contributed by atoms with Gasteiger partial charge in [-0.05, 0) is 146 Å². The Morgan fingerprint density at radius 3 is 2.25 bits per heavy atom. The minimum absolute atomic E-state index is 0.0925. The second-order valence-corrected chi connectivity index (χ2v) is 17.1. The van der Waals surface area contributed by atoms with Crippen LogP contribution in [0.1, 0.15) is 117 Å². The Hall–Kier alpha value is -2.56. The van der Waals surface area contributed by atoms with Crippen molar-refractivity contribution in [2.24, 2.45) is 62.6 Å². The van der Waals surface area contributed by atoms with Crippen LogP contribution in [0.2, 0.25) is 0 Å². The lowest BCUT2D eigenvalue weighted by molar-refractivity contribution is -0.256. The average molecular weight is 596 g/mol. The van der Waals surface area contributed by atoms with Crippen molar-refractivity contribution < 1.29 is 15.0 Å². The summed E-state index contributed by atoms with van der Waals surface area (Å²) in [6, 6.07) is 9.59. The van der Waals surface area contributed by atoms with E-state index in [0.29, 0.717) is 35.7 Å². The number of hydrogen-bond donors (Lipinski definition) is 2. The molecule has 1 aromatic rings. The normalized spacial score (nSPS) is 45.3. The number of rotatable bonds is 3. The Kier molecular flexibility index (Phi) is 7.49. The molecule has 0 amide bonds. The number of hydrogen-bond acceptors (Lipinski definition) is 3. The lowest BCUT2D eigenvalue weighted by Crippen LogP contribution is -2.68. The Morgan fingerprint density at radius 1 is 0.932 bits per heavy atom. The molecular weight excluding hydrogens is 542 g/mol. The minimum atomic E-state index is -0.590. The lowest BCUT2D eigenvalue weighted by Gasteiger charge is -2.73. The lowest BCUT2D eigenvalue weighted by atomic mass is 9.31. The van der Waals surface area contributed by atoms with Crippen molar-refractivity contribution in [2.45, 2.75) is 112 Å². The van der Waals surface area contributed by atoms with Gasteiger partial charge in [0.05, 0.1) is 23.2 Å². The molecule has 0 saturated heterocycles. The van der Waals surface area contributed by atoms with Gasteiger partial charge in [0, 0.05) is 12.0 Å². The van der Waals surface area contributed by atoms with Crippen molar-refractivity contribution in [3.63, 3.8) is 0 Å². The first-order valence-corrected chi connectivity index (χ1v) is 17.2. The van der Waals surface area contributed by atoms with Crippen LogP contribution in [0, 0.1) is 85.8 Å². The standard InChI is InChI=1S/C40H53NO3/c1-25(2)29-17-20-40(35(43)44)22-21-38(6)30(33(29)40)15-16-32-37(5)23-28(10-8-9-26-11-13-27(24-41)14-12-26)34(42)36(3,4)31(37)18-19-39(32,38)7/h11-14,28-34,42H,1,10,15-23H2,2-7H3,(H,43,44)/t28-,29+,30-,31+,32-,33-,34+,37+,38-,39-,40+/m1/s1. The van der Waals surface area contributed by atoms with Gasteiger partial charge in [-0.2, -0.15) is 5.26 Å².